The molecule has 0 spiro atoms. The molecule has 2 rings (SSSR count). The lowest BCUT2D eigenvalue weighted by Gasteiger charge is -2.07. The standard InChI is InChI=1S/C20H25NO2S/c1-3-13-23-19-10-8-18(9-11-19)20(22)21-12-14-24-15-17-6-4-16(2)5-7-17/h4-11H,3,12-15H2,1-2H3,(H,21,22). The van der Waals surface area contributed by atoms with Crippen LogP contribution in [0.5, 0.6) is 5.75 Å². The third kappa shape index (κ3) is 6.28. The smallest absolute Gasteiger partial charge is 0.251 e. The first-order valence-corrected chi connectivity index (χ1v) is 9.49. The molecular weight excluding hydrogens is 318 g/mol. The molecule has 0 heterocycles. The fourth-order valence-electron chi connectivity index (χ4n) is 2.14. The highest BCUT2D eigenvalue weighted by Crippen LogP contribution is 2.14. The highest BCUT2D eigenvalue weighted by molar-refractivity contribution is 7.98. The molecule has 0 fully saturated rings. The van der Waals surface area contributed by atoms with E-state index in [-0.39, 0.29) is 5.91 Å². The summed E-state index contributed by atoms with van der Waals surface area (Å²) in [6.07, 6.45) is 0.975. The van der Waals surface area contributed by atoms with Crippen molar-refractivity contribution in [1.82, 2.24) is 5.32 Å². The fraction of sp³-hybridized carbons (Fsp3) is 0.350. The number of rotatable bonds is 9. The quantitative estimate of drug-likeness (QED) is 0.684. The predicted molar refractivity (Wildman–Crippen MR) is 102 cm³/mol. The van der Waals surface area contributed by atoms with Crippen LogP contribution in [0.25, 0.3) is 0 Å². The molecule has 128 valence electrons. The van der Waals surface area contributed by atoms with Crippen molar-refractivity contribution in [3.8, 4) is 5.75 Å². The Balaban J connectivity index is 1.66. The number of amides is 1. The molecule has 24 heavy (non-hydrogen) atoms. The van der Waals surface area contributed by atoms with E-state index in [1.807, 2.05) is 23.9 Å². The van der Waals surface area contributed by atoms with Crippen molar-refractivity contribution >= 4 is 17.7 Å². The average Bonchev–Trinajstić information content (AvgIpc) is 2.61. The molecule has 0 atom stereocenters. The van der Waals surface area contributed by atoms with E-state index in [4.69, 9.17) is 4.74 Å². The van der Waals surface area contributed by atoms with Gasteiger partial charge in [0.1, 0.15) is 5.75 Å². The van der Waals surface area contributed by atoms with Gasteiger partial charge in [0, 0.05) is 23.6 Å². The molecule has 0 saturated heterocycles. The molecule has 3 nitrogen and oxygen atoms in total. The van der Waals surface area contributed by atoms with E-state index >= 15 is 0 Å². The second-order valence-corrected chi connectivity index (χ2v) is 6.77. The summed E-state index contributed by atoms with van der Waals surface area (Å²) in [5, 5.41) is 2.96. The van der Waals surface area contributed by atoms with Gasteiger partial charge in [-0.3, -0.25) is 4.79 Å². The van der Waals surface area contributed by atoms with E-state index in [9.17, 15) is 4.79 Å². The van der Waals surface area contributed by atoms with E-state index in [2.05, 4.69) is 43.4 Å². The van der Waals surface area contributed by atoms with Gasteiger partial charge in [0.05, 0.1) is 6.61 Å². The minimum Gasteiger partial charge on any atom is -0.494 e. The molecule has 4 heteroatoms. The minimum absolute atomic E-state index is 0.0343. The molecule has 0 unspecified atom stereocenters. The predicted octanol–water partition coefficient (Wildman–Crippen LogP) is 4.45. The molecule has 2 aromatic rings. The van der Waals surface area contributed by atoms with Crippen LogP contribution >= 0.6 is 11.8 Å². The minimum atomic E-state index is -0.0343. The summed E-state index contributed by atoms with van der Waals surface area (Å²) in [6, 6.07) is 15.9. The first kappa shape index (κ1) is 18.4. The molecule has 0 aromatic heterocycles. The molecule has 2 aromatic carbocycles. The van der Waals surface area contributed by atoms with E-state index in [1.54, 1.807) is 12.1 Å². The highest BCUT2D eigenvalue weighted by atomic mass is 32.2. The van der Waals surface area contributed by atoms with Crippen LogP contribution in [0.1, 0.15) is 34.8 Å². The van der Waals surface area contributed by atoms with Gasteiger partial charge < -0.3 is 10.1 Å². The van der Waals surface area contributed by atoms with Crippen molar-refractivity contribution in [3.63, 3.8) is 0 Å². The topological polar surface area (TPSA) is 38.3 Å². The molecular formula is C20H25NO2S. The maximum absolute atomic E-state index is 12.1. The Morgan fingerprint density at radius 3 is 2.46 bits per heavy atom. The van der Waals surface area contributed by atoms with Crippen LogP contribution in [0, 0.1) is 6.92 Å². The van der Waals surface area contributed by atoms with Gasteiger partial charge in [0.25, 0.3) is 5.91 Å². The number of hydrogen-bond acceptors (Lipinski definition) is 3. The van der Waals surface area contributed by atoms with Crippen LogP contribution in [0.15, 0.2) is 48.5 Å². The van der Waals surface area contributed by atoms with Crippen molar-refractivity contribution < 1.29 is 9.53 Å². The summed E-state index contributed by atoms with van der Waals surface area (Å²) in [7, 11) is 0. The number of nitrogens with one attached hydrogen (secondary N) is 1. The third-order valence-electron chi connectivity index (χ3n) is 3.51. The Hall–Kier alpha value is -1.94. The number of hydrogen-bond donors (Lipinski definition) is 1. The van der Waals surface area contributed by atoms with Crippen molar-refractivity contribution in [2.75, 3.05) is 18.9 Å². The number of carbonyl (C=O) groups is 1. The zero-order chi connectivity index (χ0) is 17.2. The number of benzene rings is 2. The average molecular weight is 343 g/mol. The van der Waals surface area contributed by atoms with Crippen LogP contribution in [0.3, 0.4) is 0 Å². The van der Waals surface area contributed by atoms with E-state index < -0.39 is 0 Å². The summed E-state index contributed by atoms with van der Waals surface area (Å²) in [5.41, 5.74) is 3.27. The maximum atomic E-state index is 12.1. The summed E-state index contributed by atoms with van der Waals surface area (Å²) in [5.74, 6) is 2.65. The van der Waals surface area contributed by atoms with Crippen molar-refractivity contribution in [2.24, 2.45) is 0 Å². The normalized spacial score (nSPS) is 10.4. The Morgan fingerprint density at radius 2 is 1.79 bits per heavy atom. The van der Waals surface area contributed by atoms with Gasteiger partial charge in [-0.1, -0.05) is 36.8 Å². The summed E-state index contributed by atoms with van der Waals surface area (Å²) in [6.45, 7) is 5.53. The Bertz CT molecular complexity index is 623. The van der Waals surface area contributed by atoms with Gasteiger partial charge in [-0.25, -0.2) is 0 Å². The van der Waals surface area contributed by atoms with Crippen LogP contribution in [-0.2, 0) is 5.75 Å². The van der Waals surface area contributed by atoms with Crippen LogP contribution in [0.2, 0.25) is 0 Å². The number of thioether (sulfide) groups is 1. The van der Waals surface area contributed by atoms with Gasteiger partial charge in [-0.2, -0.15) is 11.8 Å². The molecule has 0 aliphatic carbocycles. The number of ether oxygens (including phenoxy) is 1. The molecule has 1 amide bonds. The fourth-order valence-corrected chi connectivity index (χ4v) is 2.95. The Kier molecular flexibility index (Phi) is 7.69. The third-order valence-corrected chi connectivity index (χ3v) is 4.54. The summed E-state index contributed by atoms with van der Waals surface area (Å²) >= 11 is 1.83. The van der Waals surface area contributed by atoms with E-state index in [0.717, 1.165) is 23.7 Å². The Labute approximate surface area is 148 Å². The van der Waals surface area contributed by atoms with E-state index in [1.165, 1.54) is 11.1 Å². The largest absolute Gasteiger partial charge is 0.494 e. The Morgan fingerprint density at radius 1 is 1.08 bits per heavy atom. The van der Waals surface area contributed by atoms with Gasteiger partial charge in [0.2, 0.25) is 0 Å². The van der Waals surface area contributed by atoms with Crippen molar-refractivity contribution in [3.05, 3.63) is 65.2 Å². The molecule has 0 bridgehead atoms. The molecule has 0 aliphatic rings. The van der Waals surface area contributed by atoms with Crippen LogP contribution in [-0.4, -0.2) is 24.8 Å². The van der Waals surface area contributed by atoms with E-state index in [0.29, 0.717) is 18.7 Å². The SMILES string of the molecule is CCCOc1ccc(C(=O)NCCSCc2ccc(C)cc2)cc1. The summed E-state index contributed by atoms with van der Waals surface area (Å²) in [4.78, 5) is 12.1. The second kappa shape index (κ2) is 10.0. The maximum Gasteiger partial charge on any atom is 0.251 e. The lowest BCUT2D eigenvalue weighted by atomic mass is 10.2. The van der Waals surface area contributed by atoms with Crippen LogP contribution < -0.4 is 10.1 Å². The zero-order valence-electron chi connectivity index (χ0n) is 14.4. The lowest BCUT2D eigenvalue weighted by molar-refractivity contribution is 0.0956. The zero-order valence-corrected chi connectivity index (χ0v) is 15.2. The van der Waals surface area contributed by atoms with Gasteiger partial charge in [-0.05, 0) is 43.2 Å². The van der Waals surface area contributed by atoms with Gasteiger partial charge >= 0.3 is 0 Å². The number of aryl methyl sites for hydroxylation is 1. The second-order valence-electron chi connectivity index (χ2n) is 5.67. The summed E-state index contributed by atoms with van der Waals surface area (Å²) < 4.78 is 5.52. The highest BCUT2D eigenvalue weighted by Gasteiger charge is 2.05. The first-order valence-electron chi connectivity index (χ1n) is 8.33. The van der Waals surface area contributed by atoms with Gasteiger partial charge in [-0.15, -0.1) is 0 Å². The van der Waals surface area contributed by atoms with Gasteiger partial charge in [0.15, 0.2) is 0 Å². The monoisotopic (exact) mass is 343 g/mol. The molecule has 0 aliphatic heterocycles. The van der Waals surface area contributed by atoms with Crippen molar-refractivity contribution in [1.29, 1.82) is 0 Å². The first-order chi connectivity index (χ1) is 11.7. The molecule has 0 radical (unpaired) electrons. The lowest BCUT2D eigenvalue weighted by Crippen LogP contribution is -2.25. The van der Waals surface area contributed by atoms with Crippen LogP contribution in [0.4, 0.5) is 0 Å². The molecule has 1 N–H and O–H groups in total. The number of carbonyl (C=O) groups excluding carboxylic acids is 1. The molecule has 0 saturated carbocycles. The van der Waals surface area contributed by atoms with Crippen molar-refractivity contribution in [2.45, 2.75) is 26.0 Å².